The maximum absolute atomic E-state index is 14.3. The van der Waals surface area contributed by atoms with Crippen LogP contribution in [-0.2, 0) is 14.8 Å². The molecule has 0 saturated carbocycles. The fraction of sp³-hybridized carbons (Fsp3) is 0.250. The highest BCUT2D eigenvalue weighted by Gasteiger charge is 2.23. The van der Waals surface area contributed by atoms with E-state index in [0.29, 0.717) is 16.9 Å². The largest absolute Gasteiger partial charge is 0.315 e. The van der Waals surface area contributed by atoms with Gasteiger partial charge < -0.3 is 4.57 Å². The van der Waals surface area contributed by atoms with E-state index in [1.807, 2.05) is 26.0 Å². The Kier molecular flexibility index (Phi) is 7.02. The van der Waals surface area contributed by atoms with E-state index in [4.69, 9.17) is 0 Å². The maximum Gasteiger partial charge on any atom is 0.260 e. The van der Waals surface area contributed by atoms with E-state index >= 15 is 0 Å². The van der Waals surface area contributed by atoms with Crippen LogP contribution in [0, 0.1) is 33.5 Å². The molecule has 0 saturated heterocycles. The second-order valence-electron chi connectivity index (χ2n) is 7.92. The van der Waals surface area contributed by atoms with Crippen molar-refractivity contribution in [3.8, 4) is 5.69 Å². The molecule has 0 aliphatic heterocycles. The molecule has 0 aliphatic rings. The Labute approximate surface area is 193 Å². The summed E-state index contributed by atoms with van der Waals surface area (Å²) < 4.78 is 41.9. The molecule has 1 heterocycles. The molecule has 174 valence electrons. The van der Waals surface area contributed by atoms with E-state index in [1.165, 1.54) is 12.3 Å². The summed E-state index contributed by atoms with van der Waals surface area (Å²) in [6.45, 7) is 6.86. The number of nitrogens with zero attached hydrogens (tertiary/aromatic N) is 3. The number of hydrogen-bond donors (Lipinski definition) is 1. The van der Waals surface area contributed by atoms with Crippen LogP contribution in [0.5, 0.6) is 0 Å². The third-order valence-electron chi connectivity index (χ3n) is 5.33. The van der Waals surface area contributed by atoms with E-state index < -0.39 is 22.5 Å². The third-order valence-corrected chi connectivity index (χ3v) is 6.45. The molecular formula is C24H27FN4O3S. The number of aromatic nitrogens is 1. The number of carbonyl (C=O) groups excluding carboxylic acids is 1. The minimum Gasteiger partial charge on any atom is -0.315 e. The molecule has 0 unspecified atom stereocenters. The highest BCUT2D eigenvalue weighted by Crippen LogP contribution is 2.26. The Hall–Kier alpha value is -3.46. The zero-order chi connectivity index (χ0) is 24.3. The molecule has 0 aliphatic carbocycles. The second kappa shape index (κ2) is 9.58. The summed E-state index contributed by atoms with van der Waals surface area (Å²) >= 11 is 0. The molecule has 3 aromatic rings. The van der Waals surface area contributed by atoms with Crippen LogP contribution in [0.25, 0.3) is 5.69 Å². The molecule has 33 heavy (non-hydrogen) atoms. The SMILES string of the molecule is Cc1cccc(C)c1N(CC(=O)N/N=C\c1cc(C)n(-c2ccccc2F)c1C)S(C)(=O)=O. The van der Waals surface area contributed by atoms with Crippen LogP contribution in [0.1, 0.15) is 28.1 Å². The van der Waals surface area contributed by atoms with Gasteiger partial charge >= 0.3 is 0 Å². The van der Waals surface area contributed by atoms with Crippen LogP contribution in [-0.4, -0.2) is 37.9 Å². The van der Waals surface area contributed by atoms with Gasteiger partial charge in [-0.1, -0.05) is 30.3 Å². The van der Waals surface area contributed by atoms with Crippen molar-refractivity contribution in [1.82, 2.24) is 9.99 Å². The van der Waals surface area contributed by atoms with Crippen molar-refractivity contribution in [2.75, 3.05) is 17.1 Å². The lowest BCUT2D eigenvalue weighted by atomic mass is 10.1. The zero-order valence-corrected chi connectivity index (χ0v) is 20.1. The number of rotatable bonds is 7. The number of halogens is 1. The Balaban J connectivity index is 1.79. The van der Waals surface area contributed by atoms with Crippen LogP contribution in [0.3, 0.4) is 0 Å². The lowest BCUT2D eigenvalue weighted by Crippen LogP contribution is -2.39. The molecule has 0 radical (unpaired) electrons. The molecule has 1 aromatic heterocycles. The number of aryl methyl sites for hydroxylation is 3. The summed E-state index contributed by atoms with van der Waals surface area (Å²) in [6.07, 6.45) is 2.52. The number of benzene rings is 2. The van der Waals surface area contributed by atoms with Crippen molar-refractivity contribution in [3.05, 3.63) is 82.4 Å². The number of sulfonamides is 1. The first-order valence-electron chi connectivity index (χ1n) is 10.3. The summed E-state index contributed by atoms with van der Waals surface area (Å²) in [6, 6.07) is 13.7. The molecule has 9 heteroatoms. The van der Waals surface area contributed by atoms with Crippen molar-refractivity contribution in [3.63, 3.8) is 0 Å². The van der Waals surface area contributed by atoms with Gasteiger partial charge in [-0.05, 0) is 57.0 Å². The quantitative estimate of drug-likeness (QED) is 0.422. The van der Waals surface area contributed by atoms with Crippen LogP contribution >= 0.6 is 0 Å². The smallest absolute Gasteiger partial charge is 0.260 e. The Morgan fingerprint density at radius 3 is 2.33 bits per heavy atom. The summed E-state index contributed by atoms with van der Waals surface area (Å²) in [5.41, 5.74) is 7.05. The minimum absolute atomic E-state index is 0.344. The number of carbonyl (C=O) groups is 1. The average Bonchev–Trinajstić information content (AvgIpc) is 3.00. The van der Waals surface area contributed by atoms with Crippen molar-refractivity contribution in [2.45, 2.75) is 27.7 Å². The molecule has 0 atom stereocenters. The summed E-state index contributed by atoms with van der Waals surface area (Å²) in [4.78, 5) is 12.5. The van der Waals surface area contributed by atoms with Crippen molar-refractivity contribution >= 4 is 27.8 Å². The predicted octanol–water partition coefficient (Wildman–Crippen LogP) is 3.77. The first-order chi connectivity index (χ1) is 15.5. The fourth-order valence-electron chi connectivity index (χ4n) is 3.82. The summed E-state index contributed by atoms with van der Waals surface area (Å²) in [7, 11) is -3.70. The Morgan fingerprint density at radius 2 is 1.73 bits per heavy atom. The minimum atomic E-state index is -3.70. The van der Waals surface area contributed by atoms with Gasteiger partial charge in [-0.25, -0.2) is 18.2 Å². The van der Waals surface area contributed by atoms with Crippen molar-refractivity contribution in [2.24, 2.45) is 5.10 Å². The van der Waals surface area contributed by atoms with Gasteiger partial charge in [-0.3, -0.25) is 9.10 Å². The third kappa shape index (κ3) is 5.31. The average molecular weight is 471 g/mol. The summed E-state index contributed by atoms with van der Waals surface area (Å²) in [5.74, 6) is -0.925. The highest BCUT2D eigenvalue weighted by molar-refractivity contribution is 7.92. The number of hydrazone groups is 1. The van der Waals surface area contributed by atoms with E-state index in [1.54, 1.807) is 48.7 Å². The van der Waals surface area contributed by atoms with E-state index in [2.05, 4.69) is 10.5 Å². The maximum atomic E-state index is 14.3. The highest BCUT2D eigenvalue weighted by atomic mass is 32.2. The molecule has 0 fully saturated rings. The van der Waals surface area contributed by atoms with E-state index in [0.717, 1.165) is 33.1 Å². The van der Waals surface area contributed by atoms with Gasteiger partial charge in [-0.2, -0.15) is 5.10 Å². The van der Waals surface area contributed by atoms with E-state index in [9.17, 15) is 17.6 Å². The normalized spacial score (nSPS) is 11.7. The number of amides is 1. The molecule has 0 bridgehead atoms. The van der Waals surface area contributed by atoms with Crippen LogP contribution in [0.15, 0.2) is 53.6 Å². The Bertz CT molecular complexity index is 1310. The zero-order valence-electron chi connectivity index (χ0n) is 19.3. The van der Waals surface area contributed by atoms with Crippen LogP contribution in [0.2, 0.25) is 0 Å². The predicted molar refractivity (Wildman–Crippen MR) is 129 cm³/mol. The van der Waals surface area contributed by atoms with Crippen molar-refractivity contribution < 1.29 is 17.6 Å². The molecule has 1 amide bonds. The second-order valence-corrected chi connectivity index (χ2v) is 9.82. The van der Waals surface area contributed by atoms with Gasteiger partial charge in [0.1, 0.15) is 12.4 Å². The van der Waals surface area contributed by atoms with Gasteiger partial charge in [-0.15, -0.1) is 0 Å². The van der Waals surface area contributed by atoms with E-state index in [-0.39, 0.29) is 5.82 Å². The fourth-order valence-corrected chi connectivity index (χ4v) is 4.79. The van der Waals surface area contributed by atoms with Gasteiger partial charge in [0.2, 0.25) is 10.0 Å². The lowest BCUT2D eigenvalue weighted by Gasteiger charge is -2.25. The van der Waals surface area contributed by atoms with Gasteiger partial charge in [0.05, 0.1) is 23.8 Å². The number of hydrogen-bond acceptors (Lipinski definition) is 4. The molecule has 1 N–H and O–H groups in total. The van der Waals surface area contributed by atoms with Crippen LogP contribution in [0.4, 0.5) is 10.1 Å². The number of para-hydroxylation sites is 2. The molecule has 0 spiro atoms. The summed E-state index contributed by atoms with van der Waals surface area (Å²) in [5, 5.41) is 3.99. The lowest BCUT2D eigenvalue weighted by molar-refractivity contribution is -0.119. The topological polar surface area (TPSA) is 83.8 Å². The standard InChI is InChI=1S/C24H27FN4O3S/c1-16-9-8-10-17(2)24(16)28(33(5,31)32)15-23(30)27-26-14-20-13-18(3)29(19(20)4)22-12-7-6-11-21(22)25/h6-14H,15H2,1-5H3,(H,27,30)/b26-14-. The van der Waals surface area contributed by atoms with Gasteiger partial charge in [0, 0.05) is 17.0 Å². The monoisotopic (exact) mass is 470 g/mol. The molecular weight excluding hydrogens is 443 g/mol. The number of anilines is 1. The first-order valence-corrected chi connectivity index (χ1v) is 12.1. The molecule has 3 rings (SSSR count). The number of nitrogens with one attached hydrogen (secondary N) is 1. The Morgan fingerprint density at radius 1 is 1.09 bits per heavy atom. The van der Waals surface area contributed by atoms with Crippen LogP contribution < -0.4 is 9.73 Å². The molecule has 2 aromatic carbocycles. The first kappa shape index (κ1) is 24.2. The van der Waals surface area contributed by atoms with Gasteiger partial charge in [0.25, 0.3) is 5.91 Å². The molecule has 7 nitrogen and oxygen atoms in total. The van der Waals surface area contributed by atoms with Crippen molar-refractivity contribution in [1.29, 1.82) is 0 Å². The van der Waals surface area contributed by atoms with Gasteiger partial charge in [0.15, 0.2) is 0 Å².